The molecular formula is C27H29N3O4. The maximum atomic E-state index is 13.2. The number of amides is 3. The predicted molar refractivity (Wildman–Crippen MR) is 130 cm³/mol. The number of primary amides is 1. The Balaban J connectivity index is 1.70. The third-order valence-electron chi connectivity index (χ3n) is 5.45. The fourth-order valence-corrected chi connectivity index (χ4v) is 3.52. The highest BCUT2D eigenvalue weighted by Gasteiger charge is 2.27. The van der Waals surface area contributed by atoms with Gasteiger partial charge in [0.05, 0.1) is 0 Å². The first-order valence-corrected chi connectivity index (χ1v) is 11.1. The lowest BCUT2D eigenvalue weighted by Crippen LogP contribution is -2.54. The molecule has 0 spiro atoms. The van der Waals surface area contributed by atoms with Crippen molar-refractivity contribution in [1.82, 2.24) is 10.6 Å². The maximum absolute atomic E-state index is 13.2. The molecule has 176 valence electrons. The van der Waals surface area contributed by atoms with E-state index in [1.807, 2.05) is 91.9 Å². The van der Waals surface area contributed by atoms with Crippen LogP contribution in [0.4, 0.5) is 4.79 Å². The van der Waals surface area contributed by atoms with Gasteiger partial charge in [0.15, 0.2) is 0 Å². The Hall–Kier alpha value is -4.13. The van der Waals surface area contributed by atoms with Gasteiger partial charge in [-0.1, -0.05) is 84.9 Å². The summed E-state index contributed by atoms with van der Waals surface area (Å²) in [4.78, 5) is 37.7. The van der Waals surface area contributed by atoms with E-state index < -0.39 is 30.0 Å². The zero-order chi connectivity index (χ0) is 24.3. The Labute approximate surface area is 199 Å². The van der Waals surface area contributed by atoms with Crippen LogP contribution in [-0.4, -0.2) is 30.0 Å². The molecule has 0 saturated carbocycles. The Morgan fingerprint density at radius 3 is 1.97 bits per heavy atom. The van der Waals surface area contributed by atoms with E-state index in [1.165, 1.54) is 0 Å². The van der Waals surface area contributed by atoms with E-state index in [1.54, 1.807) is 0 Å². The summed E-state index contributed by atoms with van der Waals surface area (Å²) in [7, 11) is 0. The Kier molecular flexibility index (Phi) is 8.80. The molecule has 7 heteroatoms. The van der Waals surface area contributed by atoms with E-state index in [9.17, 15) is 14.4 Å². The van der Waals surface area contributed by atoms with Gasteiger partial charge in [-0.15, -0.1) is 0 Å². The van der Waals surface area contributed by atoms with Gasteiger partial charge in [-0.05, 0) is 29.2 Å². The fraction of sp³-hybridized carbons (Fsp3) is 0.222. The first kappa shape index (κ1) is 24.5. The van der Waals surface area contributed by atoms with Crippen molar-refractivity contribution in [2.45, 2.75) is 38.5 Å². The minimum atomic E-state index is -0.954. The molecule has 3 aromatic rings. The summed E-state index contributed by atoms with van der Waals surface area (Å²) in [5, 5.41) is 5.34. The molecule has 0 saturated heterocycles. The summed E-state index contributed by atoms with van der Waals surface area (Å²) in [6.07, 6.45) is -0.248. The van der Waals surface area contributed by atoms with Crippen LogP contribution < -0.4 is 16.4 Å². The van der Waals surface area contributed by atoms with Crippen LogP contribution >= 0.6 is 0 Å². The van der Waals surface area contributed by atoms with Crippen molar-refractivity contribution in [1.29, 1.82) is 0 Å². The largest absolute Gasteiger partial charge is 0.445 e. The normalized spacial score (nSPS) is 12.3. The summed E-state index contributed by atoms with van der Waals surface area (Å²) >= 11 is 0. The SMILES string of the molecule is Cc1ccccc1C[C@H](NC(=O)[C@H](Cc1ccccc1)NC(=O)OCc1ccccc1)C(N)=O. The van der Waals surface area contributed by atoms with Crippen LogP contribution in [0.15, 0.2) is 84.9 Å². The van der Waals surface area contributed by atoms with Crippen LogP contribution in [0.2, 0.25) is 0 Å². The number of hydrogen-bond donors (Lipinski definition) is 3. The number of alkyl carbamates (subject to hydrolysis) is 1. The molecule has 0 fully saturated rings. The maximum Gasteiger partial charge on any atom is 0.408 e. The third-order valence-corrected chi connectivity index (χ3v) is 5.45. The molecule has 7 nitrogen and oxygen atoms in total. The number of carbonyl (C=O) groups is 3. The Bertz CT molecular complexity index is 1100. The van der Waals surface area contributed by atoms with Crippen LogP contribution in [0.3, 0.4) is 0 Å². The molecule has 0 aromatic heterocycles. The number of aryl methyl sites for hydroxylation is 1. The number of carbonyl (C=O) groups excluding carboxylic acids is 3. The highest BCUT2D eigenvalue weighted by molar-refractivity contribution is 5.91. The molecule has 0 aliphatic carbocycles. The molecule has 0 unspecified atom stereocenters. The average Bonchev–Trinajstić information content (AvgIpc) is 2.84. The summed E-state index contributed by atoms with van der Waals surface area (Å²) < 4.78 is 5.29. The first-order chi connectivity index (χ1) is 16.4. The predicted octanol–water partition coefficient (Wildman–Crippen LogP) is 3.05. The van der Waals surface area contributed by atoms with E-state index in [4.69, 9.17) is 10.5 Å². The summed E-state index contributed by atoms with van der Waals surface area (Å²) in [5.41, 5.74) is 9.15. The van der Waals surface area contributed by atoms with Gasteiger partial charge in [-0.2, -0.15) is 0 Å². The minimum Gasteiger partial charge on any atom is -0.445 e. The number of ether oxygens (including phenoxy) is 1. The second-order valence-electron chi connectivity index (χ2n) is 8.04. The van der Waals surface area contributed by atoms with Crippen LogP contribution in [-0.2, 0) is 33.8 Å². The van der Waals surface area contributed by atoms with Gasteiger partial charge < -0.3 is 21.1 Å². The molecule has 4 N–H and O–H groups in total. The van der Waals surface area contributed by atoms with Gasteiger partial charge in [-0.3, -0.25) is 9.59 Å². The highest BCUT2D eigenvalue weighted by atomic mass is 16.5. The van der Waals surface area contributed by atoms with Crippen molar-refractivity contribution < 1.29 is 19.1 Å². The molecule has 34 heavy (non-hydrogen) atoms. The second-order valence-corrected chi connectivity index (χ2v) is 8.04. The number of nitrogens with two attached hydrogens (primary N) is 1. The van der Waals surface area contributed by atoms with Crippen molar-refractivity contribution in [3.63, 3.8) is 0 Å². The van der Waals surface area contributed by atoms with Crippen LogP contribution in [0.5, 0.6) is 0 Å². The number of nitrogens with one attached hydrogen (secondary N) is 2. The molecule has 0 heterocycles. The molecule has 3 rings (SSSR count). The van der Waals surface area contributed by atoms with Gasteiger partial charge in [-0.25, -0.2) is 4.79 Å². The number of benzene rings is 3. The Morgan fingerprint density at radius 1 is 0.765 bits per heavy atom. The molecule has 0 radical (unpaired) electrons. The summed E-state index contributed by atoms with van der Waals surface area (Å²) in [6.45, 7) is 2.00. The molecular weight excluding hydrogens is 430 g/mol. The number of rotatable bonds is 10. The molecule has 2 atom stereocenters. The Morgan fingerprint density at radius 2 is 1.35 bits per heavy atom. The standard InChI is InChI=1S/C27H29N3O4/c1-19-10-8-9-15-22(19)17-23(25(28)31)29-26(32)24(16-20-11-4-2-5-12-20)30-27(33)34-18-21-13-6-3-7-14-21/h2-15,23-24H,16-18H2,1H3,(H2,28,31)(H,29,32)(H,30,33)/t23-,24-/m0/s1. The summed E-state index contributed by atoms with van der Waals surface area (Å²) in [6, 6.07) is 24.2. The van der Waals surface area contributed by atoms with Gasteiger partial charge in [0.2, 0.25) is 11.8 Å². The highest BCUT2D eigenvalue weighted by Crippen LogP contribution is 2.11. The van der Waals surface area contributed by atoms with Crippen LogP contribution in [0, 0.1) is 6.92 Å². The summed E-state index contributed by atoms with van der Waals surface area (Å²) in [5.74, 6) is -1.17. The van der Waals surface area contributed by atoms with E-state index in [0.717, 1.165) is 22.3 Å². The van der Waals surface area contributed by atoms with E-state index in [2.05, 4.69) is 10.6 Å². The molecule has 0 aliphatic heterocycles. The van der Waals surface area contributed by atoms with Gasteiger partial charge >= 0.3 is 6.09 Å². The lowest BCUT2D eigenvalue weighted by atomic mass is 10.00. The lowest BCUT2D eigenvalue weighted by Gasteiger charge is -2.22. The minimum absolute atomic E-state index is 0.0730. The zero-order valence-electron chi connectivity index (χ0n) is 19.1. The molecule has 0 aliphatic rings. The first-order valence-electron chi connectivity index (χ1n) is 11.1. The fourth-order valence-electron chi connectivity index (χ4n) is 3.52. The van der Waals surface area contributed by atoms with Gasteiger partial charge in [0, 0.05) is 12.8 Å². The van der Waals surface area contributed by atoms with Crippen LogP contribution in [0.25, 0.3) is 0 Å². The van der Waals surface area contributed by atoms with E-state index >= 15 is 0 Å². The second kappa shape index (κ2) is 12.2. The topological polar surface area (TPSA) is 111 Å². The molecule has 3 aromatic carbocycles. The van der Waals surface area contributed by atoms with Crippen LogP contribution in [0.1, 0.15) is 22.3 Å². The molecule has 0 bridgehead atoms. The van der Waals surface area contributed by atoms with Gasteiger partial charge in [0.25, 0.3) is 0 Å². The van der Waals surface area contributed by atoms with Crippen molar-refractivity contribution in [3.8, 4) is 0 Å². The van der Waals surface area contributed by atoms with Crippen molar-refractivity contribution in [3.05, 3.63) is 107 Å². The van der Waals surface area contributed by atoms with Crippen molar-refractivity contribution in [2.75, 3.05) is 0 Å². The lowest BCUT2D eigenvalue weighted by molar-refractivity contribution is -0.128. The quantitative estimate of drug-likeness (QED) is 0.433. The van der Waals surface area contributed by atoms with Crippen molar-refractivity contribution >= 4 is 17.9 Å². The smallest absolute Gasteiger partial charge is 0.408 e. The third kappa shape index (κ3) is 7.48. The number of hydrogen-bond acceptors (Lipinski definition) is 4. The van der Waals surface area contributed by atoms with Gasteiger partial charge in [0.1, 0.15) is 18.7 Å². The molecule has 3 amide bonds. The monoisotopic (exact) mass is 459 g/mol. The van der Waals surface area contributed by atoms with E-state index in [-0.39, 0.29) is 19.4 Å². The average molecular weight is 460 g/mol. The zero-order valence-corrected chi connectivity index (χ0v) is 19.1. The van der Waals surface area contributed by atoms with E-state index in [0.29, 0.717) is 0 Å². The van der Waals surface area contributed by atoms with Crippen molar-refractivity contribution in [2.24, 2.45) is 5.73 Å².